The SMILES string of the molecule is C=C1O[Si](=C)[Si](=C)C(CCCN)(CCCN)C1=C. The van der Waals surface area contributed by atoms with Gasteiger partial charge in [0.05, 0.1) is 7.93 Å². The standard InChI is InChI=1S/C13H24N2OSi2/c1-11-12(2)16-18(4)17(3)13(11,7-5-9-14)8-6-10-15/h1-10,14-15H2. The zero-order valence-corrected chi connectivity index (χ0v) is 13.1. The highest BCUT2D eigenvalue weighted by Crippen LogP contribution is 2.49. The van der Waals surface area contributed by atoms with E-state index in [0.717, 1.165) is 31.3 Å². The van der Waals surface area contributed by atoms with Gasteiger partial charge in [-0.1, -0.05) is 19.3 Å². The first-order valence-electron chi connectivity index (χ1n) is 6.35. The van der Waals surface area contributed by atoms with Crippen LogP contribution in [0.4, 0.5) is 0 Å². The fraction of sp³-hybridized carbons (Fsp3) is 0.538. The minimum absolute atomic E-state index is 0.0365. The molecule has 0 atom stereocenters. The molecule has 0 amide bonds. The molecule has 100 valence electrons. The Kier molecular flexibility index (Phi) is 5.58. The summed E-state index contributed by atoms with van der Waals surface area (Å²) in [6, 6.07) is 0. The Hall–Kier alpha value is -0.626. The van der Waals surface area contributed by atoms with E-state index in [0.29, 0.717) is 18.8 Å². The maximum atomic E-state index is 5.74. The molecule has 0 aromatic heterocycles. The van der Waals surface area contributed by atoms with Gasteiger partial charge in [0.15, 0.2) is 0 Å². The molecule has 1 heterocycles. The number of nitrogens with two attached hydrogens (primary N) is 2. The third-order valence-electron chi connectivity index (χ3n) is 3.69. The molecule has 5 heteroatoms. The molecule has 1 fully saturated rings. The van der Waals surface area contributed by atoms with Gasteiger partial charge in [0.2, 0.25) is 8.17 Å². The molecule has 1 rings (SSSR count). The van der Waals surface area contributed by atoms with Gasteiger partial charge in [-0.25, -0.2) is 0 Å². The second kappa shape index (κ2) is 6.51. The average molecular weight is 281 g/mol. The van der Waals surface area contributed by atoms with Crippen LogP contribution in [0.3, 0.4) is 0 Å². The van der Waals surface area contributed by atoms with E-state index in [-0.39, 0.29) is 5.04 Å². The number of allylic oxidation sites excluding steroid dienone is 1. The molecule has 0 aromatic carbocycles. The average Bonchev–Trinajstić information content (AvgIpc) is 2.36. The first-order chi connectivity index (χ1) is 8.49. The van der Waals surface area contributed by atoms with Crippen LogP contribution in [-0.4, -0.2) is 41.5 Å². The molecule has 1 saturated heterocycles. The van der Waals surface area contributed by atoms with Crippen LogP contribution in [0.5, 0.6) is 0 Å². The van der Waals surface area contributed by atoms with Gasteiger partial charge in [-0.2, -0.15) is 0 Å². The van der Waals surface area contributed by atoms with E-state index in [1.54, 1.807) is 0 Å². The van der Waals surface area contributed by atoms with Gasteiger partial charge in [-0.05, 0) is 44.3 Å². The first kappa shape index (κ1) is 15.4. The predicted molar refractivity (Wildman–Crippen MR) is 84.4 cm³/mol. The highest BCUT2D eigenvalue weighted by molar-refractivity contribution is 7.21. The maximum absolute atomic E-state index is 5.74. The van der Waals surface area contributed by atoms with Gasteiger partial charge in [-0.3, -0.25) is 0 Å². The highest BCUT2D eigenvalue weighted by atomic mass is 29.2. The summed E-state index contributed by atoms with van der Waals surface area (Å²) in [7, 11) is -2.07. The molecule has 0 unspecified atom stereocenters. The smallest absolute Gasteiger partial charge is 0.233 e. The lowest BCUT2D eigenvalue weighted by molar-refractivity contribution is 0.412. The summed E-state index contributed by atoms with van der Waals surface area (Å²) in [6.45, 7) is 9.58. The zero-order chi connectivity index (χ0) is 13.8. The van der Waals surface area contributed by atoms with Crippen molar-refractivity contribution in [3.05, 3.63) is 24.5 Å². The van der Waals surface area contributed by atoms with Gasteiger partial charge < -0.3 is 15.9 Å². The van der Waals surface area contributed by atoms with E-state index >= 15 is 0 Å². The largest absolute Gasteiger partial charge is 0.518 e. The molecule has 0 bridgehead atoms. The monoisotopic (exact) mass is 280 g/mol. The minimum atomic E-state index is -1.12. The first-order valence-corrected chi connectivity index (χ1v) is 10.7. The second-order valence-corrected chi connectivity index (χ2v) is 11.2. The lowest BCUT2D eigenvalue weighted by Crippen LogP contribution is -2.43. The van der Waals surface area contributed by atoms with Crippen molar-refractivity contribution in [2.24, 2.45) is 11.5 Å². The summed E-state index contributed by atoms with van der Waals surface area (Å²) in [4.78, 5) is 0. The van der Waals surface area contributed by atoms with Gasteiger partial charge in [-0.15, -0.1) is 6.17 Å². The Morgan fingerprint density at radius 1 is 1.06 bits per heavy atom. The van der Waals surface area contributed by atoms with Crippen LogP contribution in [0.2, 0.25) is 5.04 Å². The third kappa shape index (κ3) is 2.85. The lowest BCUT2D eigenvalue weighted by atomic mass is 9.88. The van der Waals surface area contributed by atoms with Crippen LogP contribution >= 0.6 is 0 Å². The van der Waals surface area contributed by atoms with Crippen molar-refractivity contribution in [1.29, 1.82) is 0 Å². The number of hydrogen-bond acceptors (Lipinski definition) is 3. The summed E-state index contributed by atoms with van der Waals surface area (Å²) in [5.74, 6) is 0.713. The molecule has 1 aliphatic heterocycles. The molecule has 18 heavy (non-hydrogen) atoms. The van der Waals surface area contributed by atoms with E-state index in [9.17, 15) is 0 Å². The van der Waals surface area contributed by atoms with Crippen LogP contribution in [0.15, 0.2) is 24.5 Å². The van der Waals surface area contributed by atoms with Crippen LogP contribution in [0.1, 0.15) is 25.7 Å². The van der Waals surface area contributed by atoms with Gasteiger partial charge in [0.1, 0.15) is 5.76 Å². The maximum Gasteiger partial charge on any atom is 0.233 e. The fourth-order valence-electron chi connectivity index (χ4n) is 2.52. The minimum Gasteiger partial charge on any atom is -0.518 e. The van der Waals surface area contributed by atoms with Crippen LogP contribution in [0, 0.1) is 0 Å². The fourth-order valence-corrected chi connectivity index (χ4v) is 8.61. The third-order valence-corrected chi connectivity index (χ3v) is 10.6. The van der Waals surface area contributed by atoms with E-state index in [2.05, 4.69) is 25.5 Å². The number of hydrogen-bond donors (Lipinski definition) is 2. The van der Waals surface area contributed by atoms with Crippen LogP contribution in [-0.2, 0) is 4.43 Å². The normalized spacial score (nSPS) is 19.0. The van der Waals surface area contributed by atoms with Crippen molar-refractivity contribution in [3.63, 3.8) is 0 Å². The molecule has 0 radical (unpaired) electrons. The highest BCUT2D eigenvalue weighted by Gasteiger charge is 2.42. The Balaban J connectivity index is 3.08. The zero-order valence-electron chi connectivity index (χ0n) is 11.1. The van der Waals surface area contributed by atoms with Crippen LogP contribution in [0.25, 0.3) is 0 Å². The molecule has 1 aliphatic rings. The molecule has 0 saturated carbocycles. The van der Waals surface area contributed by atoms with Crippen molar-refractivity contribution in [1.82, 2.24) is 0 Å². The summed E-state index contributed by atoms with van der Waals surface area (Å²) >= 11 is 0. The molecule has 4 N–H and O–H groups in total. The van der Waals surface area contributed by atoms with E-state index < -0.39 is 16.1 Å². The van der Waals surface area contributed by atoms with Crippen molar-refractivity contribution in [3.8, 4) is 0 Å². The van der Waals surface area contributed by atoms with Gasteiger partial charge in [0.25, 0.3) is 0 Å². The summed E-state index contributed by atoms with van der Waals surface area (Å²) < 4.78 is 5.74. The Labute approximate surface area is 113 Å². The Bertz CT molecular complexity index is 354. The Morgan fingerprint density at radius 2 is 1.56 bits per heavy atom. The second-order valence-electron chi connectivity index (χ2n) is 4.77. The van der Waals surface area contributed by atoms with Gasteiger partial charge in [0, 0.05) is 5.04 Å². The molecular formula is C13H24N2OSi2. The van der Waals surface area contributed by atoms with Gasteiger partial charge >= 0.3 is 0 Å². The molecule has 0 aliphatic carbocycles. The van der Waals surface area contributed by atoms with E-state index in [4.69, 9.17) is 15.9 Å². The topological polar surface area (TPSA) is 61.3 Å². The summed E-state index contributed by atoms with van der Waals surface area (Å²) in [5, 5.41) is 0.0365. The van der Waals surface area contributed by atoms with Crippen LogP contribution < -0.4 is 11.5 Å². The quantitative estimate of drug-likeness (QED) is 0.711. The molecule has 0 aromatic rings. The molecule has 0 spiro atoms. The lowest BCUT2D eigenvalue weighted by Gasteiger charge is -2.42. The molecular weight excluding hydrogens is 256 g/mol. The predicted octanol–water partition coefficient (Wildman–Crippen LogP) is 0.897. The molecule has 3 nitrogen and oxygen atoms in total. The van der Waals surface area contributed by atoms with Crippen molar-refractivity contribution in [2.75, 3.05) is 13.1 Å². The Morgan fingerprint density at radius 3 is 2.00 bits per heavy atom. The summed E-state index contributed by atoms with van der Waals surface area (Å²) in [5.41, 5.74) is 12.4. The van der Waals surface area contributed by atoms with E-state index in [1.165, 1.54) is 0 Å². The number of rotatable bonds is 6. The van der Waals surface area contributed by atoms with Crippen molar-refractivity contribution in [2.45, 2.75) is 30.7 Å². The summed E-state index contributed by atoms with van der Waals surface area (Å²) in [6.07, 6.45) is 12.6. The van der Waals surface area contributed by atoms with Crippen molar-refractivity contribution < 1.29 is 4.43 Å². The van der Waals surface area contributed by atoms with E-state index in [1.807, 2.05) is 0 Å². The van der Waals surface area contributed by atoms with Crippen molar-refractivity contribution >= 4 is 28.4 Å².